The number of rotatable bonds is 4. The molecule has 0 spiro atoms. The lowest BCUT2D eigenvalue weighted by atomic mass is 10.1. The van der Waals surface area contributed by atoms with E-state index in [0.717, 1.165) is 43.9 Å². The SMILES string of the molecule is N#Cc1cc(Cl)ccc1N1CCc2c(ncn2CCc2ccccc2)C1. The summed E-state index contributed by atoms with van der Waals surface area (Å²) in [5, 5.41) is 9.99. The first-order chi connectivity index (χ1) is 12.7. The average molecular weight is 363 g/mol. The van der Waals surface area contributed by atoms with E-state index in [9.17, 15) is 5.26 Å². The number of halogens is 1. The van der Waals surface area contributed by atoms with E-state index in [2.05, 4.69) is 44.8 Å². The number of hydrogen-bond donors (Lipinski definition) is 0. The number of nitrogens with zero attached hydrogens (tertiary/aromatic N) is 4. The smallest absolute Gasteiger partial charge is 0.101 e. The zero-order valence-electron chi connectivity index (χ0n) is 14.4. The molecule has 0 amide bonds. The Balaban J connectivity index is 1.51. The molecular formula is C21H19ClN4. The molecule has 1 aromatic heterocycles. The summed E-state index contributed by atoms with van der Waals surface area (Å²) in [4.78, 5) is 6.84. The second-order valence-electron chi connectivity index (χ2n) is 6.51. The molecule has 0 fully saturated rings. The summed E-state index contributed by atoms with van der Waals surface area (Å²) < 4.78 is 2.27. The van der Waals surface area contributed by atoms with Crippen LogP contribution in [0.25, 0.3) is 0 Å². The maximum atomic E-state index is 9.40. The number of aromatic nitrogens is 2. The minimum atomic E-state index is 0.591. The third-order valence-electron chi connectivity index (χ3n) is 4.90. The number of nitriles is 1. The summed E-state index contributed by atoms with van der Waals surface area (Å²) in [6, 6.07) is 18.3. The van der Waals surface area contributed by atoms with E-state index >= 15 is 0 Å². The number of hydrogen-bond acceptors (Lipinski definition) is 3. The van der Waals surface area contributed by atoms with Crippen molar-refractivity contribution in [2.75, 3.05) is 11.4 Å². The van der Waals surface area contributed by atoms with E-state index in [-0.39, 0.29) is 0 Å². The van der Waals surface area contributed by atoms with Crippen LogP contribution < -0.4 is 4.90 Å². The van der Waals surface area contributed by atoms with E-state index in [1.807, 2.05) is 24.5 Å². The largest absolute Gasteiger partial charge is 0.364 e. The van der Waals surface area contributed by atoms with Gasteiger partial charge in [0, 0.05) is 30.2 Å². The number of imidazole rings is 1. The van der Waals surface area contributed by atoms with Gasteiger partial charge in [-0.05, 0) is 30.2 Å². The lowest BCUT2D eigenvalue weighted by Gasteiger charge is -2.29. The van der Waals surface area contributed by atoms with Gasteiger partial charge in [0.25, 0.3) is 0 Å². The van der Waals surface area contributed by atoms with Crippen LogP contribution >= 0.6 is 11.6 Å². The Morgan fingerprint density at radius 3 is 2.81 bits per heavy atom. The standard InChI is InChI=1S/C21H19ClN4/c22-18-6-7-20(17(12-18)13-23)25-11-9-21-19(14-25)24-15-26(21)10-8-16-4-2-1-3-5-16/h1-7,12,15H,8-11,14H2. The van der Waals surface area contributed by atoms with Crippen molar-refractivity contribution in [2.24, 2.45) is 0 Å². The molecule has 0 aliphatic carbocycles. The van der Waals surface area contributed by atoms with Gasteiger partial charge >= 0.3 is 0 Å². The zero-order chi connectivity index (χ0) is 17.9. The normalized spacial score (nSPS) is 13.3. The molecule has 26 heavy (non-hydrogen) atoms. The van der Waals surface area contributed by atoms with Gasteiger partial charge in [-0.15, -0.1) is 0 Å². The van der Waals surface area contributed by atoms with E-state index in [1.165, 1.54) is 11.3 Å². The second kappa shape index (κ2) is 7.23. The summed E-state index contributed by atoms with van der Waals surface area (Å²) in [5.74, 6) is 0. The highest BCUT2D eigenvalue weighted by molar-refractivity contribution is 6.30. The van der Waals surface area contributed by atoms with Crippen molar-refractivity contribution < 1.29 is 0 Å². The monoisotopic (exact) mass is 362 g/mol. The van der Waals surface area contributed by atoms with Gasteiger partial charge in [-0.1, -0.05) is 41.9 Å². The van der Waals surface area contributed by atoms with Crippen LogP contribution in [0.1, 0.15) is 22.5 Å². The van der Waals surface area contributed by atoms with Gasteiger partial charge < -0.3 is 9.47 Å². The van der Waals surface area contributed by atoms with Crippen molar-refractivity contribution in [3.05, 3.63) is 82.4 Å². The summed E-state index contributed by atoms with van der Waals surface area (Å²) in [5.41, 5.74) is 5.30. The minimum absolute atomic E-state index is 0.591. The Bertz CT molecular complexity index is 956. The van der Waals surface area contributed by atoms with E-state index < -0.39 is 0 Å². The molecule has 5 heteroatoms. The predicted octanol–water partition coefficient (Wildman–Crippen LogP) is 4.21. The Hall–Kier alpha value is -2.77. The van der Waals surface area contributed by atoms with Gasteiger partial charge in [-0.2, -0.15) is 5.26 Å². The van der Waals surface area contributed by atoms with Gasteiger partial charge in [0.15, 0.2) is 0 Å². The van der Waals surface area contributed by atoms with E-state index in [0.29, 0.717) is 10.6 Å². The van der Waals surface area contributed by atoms with Crippen molar-refractivity contribution in [2.45, 2.75) is 25.9 Å². The fourth-order valence-electron chi connectivity index (χ4n) is 3.54. The fourth-order valence-corrected chi connectivity index (χ4v) is 3.71. The Morgan fingerprint density at radius 2 is 2.00 bits per heavy atom. The first kappa shape index (κ1) is 16.7. The molecule has 2 aromatic carbocycles. The van der Waals surface area contributed by atoms with Crippen molar-refractivity contribution in [3.63, 3.8) is 0 Å². The molecule has 0 saturated carbocycles. The molecule has 0 radical (unpaired) electrons. The summed E-state index contributed by atoms with van der Waals surface area (Å²) in [6.07, 6.45) is 3.88. The van der Waals surface area contributed by atoms with Crippen molar-refractivity contribution >= 4 is 17.3 Å². The topological polar surface area (TPSA) is 44.9 Å². The molecule has 4 rings (SSSR count). The second-order valence-corrected chi connectivity index (χ2v) is 6.95. The molecule has 2 heterocycles. The number of anilines is 1. The molecule has 3 aromatic rings. The molecule has 130 valence electrons. The fraction of sp³-hybridized carbons (Fsp3) is 0.238. The van der Waals surface area contributed by atoms with Crippen LogP contribution in [0.2, 0.25) is 5.02 Å². The molecule has 0 N–H and O–H groups in total. The zero-order valence-corrected chi connectivity index (χ0v) is 15.2. The number of benzene rings is 2. The molecule has 0 atom stereocenters. The Morgan fingerprint density at radius 1 is 1.15 bits per heavy atom. The maximum Gasteiger partial charge on any atom is 0.101 e. The lowest BCUT2D eigenvalue weighted by molar-refractivity contribution is 0.625. The predicted molar refractivity (Wildman–Crippen MR) is 103 cm³/mol. The highest BCUT2D eigenvalue weighted by Gasteiger charge is 2.22. The van der Waals surface area contributed by atoms with Crippen molar-refractivity contribution in [1.29, 1.82) is 5.26 Å². The average Bonchev–Trinajstić information content (AvgIpc) is 3.09. The van der Waals surface area contributed by atoms with Crippen molar-refractivity contribution in [3.8, 4) is 6.07 Å². The third-order valence-corrected chi connectivity index (χ3v) is 5.13. The summed E-state index contributed by atoms with van der Waals surface area (Å²) in [6.45, 7) is 2.54. The molecule has 4 nitrogen and oxygen atoms in total. The summed E-state index contributed by atoms with van der Waals surface area (Å²) in [7, 11) is 0. The van der Waals surface area contributed by atoms with E-state index in [4.69, 9.17) is 11.6 Å². The van der Waals surface area contributed by atoms with E-state index in [1.54, 1.807) is 6.07 Å². The van der Waals surface area contributed by atoms with Crippen LogP contribution in [-0.4, -0.2) is 16.1 Å². The minimum Gasteiger partial charge on any atom is -0.364 e. The third kappa shape index (κ3) is 3.31. The summed E-state index contributed by atoms with van der Waals surface area (Å²) >= 11 is 6.02. The van der Waals surface area contributed by atoms with Crippen LogP contribution in [0.3, 0.4) is 0 Å². The van der Waals surface area contributed by atoms with Crippen LogP contribution in [0, 0.1) is 11.3 Å². The van der Waals surface area contributed by atoms with Gasteiger partial charge in [0.1, 0.15) is 6.07 Å². The Kier molecular flexibility index (Phi) is 4.64. The number of fused-ring (bicyclic) bond motifs is 1. The quantitative estimate of drug-likeness (QED) is 0.698. The van der Waals surface area contributed by atoms with Gasteiger partial charge in [0.2, 0.25) is 0 Å². The number of aryl methyl sites for hydroxylation is 2. The molecule has 0 unspecified atom stereocenters. The van der Waals surface area contributed by atoms with Gasteiger partial charge in [-0.25, -0.2) is 4.98 Å². The maximum absolute atomic E-state index is 9.40. The van der Waals surface area contributed by atoms with Crippen LogP contribution in [0.15, 0.2) is 54.9 Å². The van der Waals surface area contributed by atoms with Crippen LogP contribution in [0.4, 0.5) is 5.69 Å². The van der Waals surface area contributed by atoms with Crippen molar-refractivity contribution in [1.82, 2.24) is 9.55 Å². The molecule has 0 bridgehead atoms. The molecular weight excluding hydrogens is 344 g/mol. The first-order valence-corrected chi connectivity index (χ1v) is 9.14. The van der Waals surface area contributed by atoms with Gasteiger partial charge in [-0.3, -0.25) is 0 Å². The first-order valence-electron chi connectivity index (χ1n) is 8.76. The highest BCUT2D eigenvalue weighted by atomic mass is 35.5. The highest BCUT2D eigenvalue weighted by Crippen LogP contribution is 2.28. The molecule has 0 saturated heterocycles. The van der Waals surface area contributed by atoms with Gasteiger partial charge in [0.05, 0.1) is 29.8 Å². The molecule has 1 aliphatic rings. The Labute approximate surface area is 158 Å². The molecule has 1 aliphatic heterocycles. The lowest BCUT2D eigenvalue weighted by Crippen LogP contribution is -2.31. The van der Waals surface area contributed by atoms with Crippen LogP contribution in [0.5, 0.6) is 0 Å². The van der Waals surface area contributed by atoms with Crippen LogP contribution in [-0.2, 0) is 25.9 Å².